The molecule has 1 saturated heterocycles. The molecule has 0 unspecified atom stereocenters. The summed E-state index contributed by atoms with van der Waals surface area (Å²) in [6.07, 6.45) is 1.25. The van der Waals surface area contributed by atoms with E-state index in [0.717, 1.165) is 12.8 Å². The van der Waals surface area contributed by atoms with Gasteiger partial charge < -0.3 is 10.2 Å². The third-order valence-corrected chi connectivity index (χ3v) is 7.03. The van der Waals surface area contributed by atoms with Crippen LogP contribution in [0.2, 0.25) is 5.02 Å². The minimum absolute atomic E-state index is 0.0390. The van der Waals surface area contributed by atoms with Crippen molar-refractivity contribution in [1.82, 2.24) is 4.31 Å². The minimum Gasteiger partial charge on any atom is -0.481 e. The first-order valence-corrected chi connectivity index (χ1v) is 9.75. The van der Waals surface area contributed by atoms with E-state index in [2.05, 4.69) is 0 Å². The molecule has 1 aliphatic carbocycles. The molecule has 2 fully saturated rings. The molecule has 0 aromatic heterocycles. The van der Waals surface area contributed by atoms with Crippen LogP contribution >= 0.6 is 11.6 Å². The van der Waals surface area contributed by atoms with Crippen molar-refractivity contribution < 1.29 is 23.4 Å². The highest BCUT2D eigenvalue weighted by molar-refractivity contribution is 7.89. The lowest BCUT2D eigenvalue weighted by Crippen LogP contribution is -2.57. The van der Waals surface area contributed by atoms with Crippen LogP contribution in [0, 0.1) is 11.3 Å². The van der Waals surface area contributed by atoms with E-state index >= 15 is 0 Å². The predicted octanol–water partition coefficient (Wildman–Crippen LogP) is 1.97. The molecule has 132 valence electrons. The molecule has 2 aliphatic rings. The lowest BCUT2D eigenvalue weighted by molar-refractivity contribution is -0.162. The normalized spacial score (nSPS) is 28.7. The zero-order chi connectivity index (χ0) is 17.5. The van der Waals surface area contributed by atoms with E-state index in [-0.39, 0.29) is 30.3 Å². The van der Waals surface area contributed by atoms with Crippen molar-refractivity contribution in [3.63, 3.8) is 0 Å². The summed E-state index contributed by atoms with van der Waals surface area (Å²) in [5.74, 6) is -0.877. The average Bonchev–Trinajstić information content (AvgIpc) is 3.33. The van der Waals surface area contributed by atoms with Crippen LogP contribution in [0.15, 0.2) is 29.2 Å². The highest BCUT2D eigenvalue weighted by atomic mass is 35.5. The van der Waals surface area contributed by atoms with E-state index in [4.69, 9.17) is 11.6 Å². The lowest BCUT2D eigenvalue weighted by Gasteiger charge is -2.42. The number of sulfonamides is 1. The Morgan fingerprint density at radius 2 is 2.04 bits per heavy atom. The number of carbonyl (C=O) groups is 1. The van der Waals surface area contributed by atoms with Gasteiger partial charge in [-0.05, 0) is 37.0 Å². The van der Waals surface area contributed by atoms with Gasteiger partial charge in [0.25, 0.3) is 0 Å². The number of aliphatic carboxylic acids is 1. The molecule has 1 heterocycles. The number of rotatable bonds is 5. The molecular formula is C16H20ClNO5S. The van der Waals surface area contributed by atoms with Gasteiger partial charge in [0.15, 0.2) is 0 Å². The van der Waals surface area contributed by atoms with Crippen molar-refractivity contribution >= 4 is 27.6 Å². The Morgan fingerprint density at radius 3 is 2.62 bits per heavy atom. The largest absolute Gasteiger partial charge is 0.481 e. The van der Waals surface area contributed by atoms with Crippen LogP contribution in [0.5, 0.6) is 0 Å². The molecule has 1 aromatic carbocycles. The molecule has 0 bridgehead atoms. The molecule has 0 spiro atoms. The standard InChI is InChI=1S/C16H20ClNO5S/c17-12-2-1-3-13(8-12)24(22,23)18-7-6-14(19)16(10-18,15(20)21)9-11-4-5-11/h1-3,8,11,14,19H,4-7,9-10H2,(H,20,21)/t14-,16+/m1/s1. The Hall–Kier alpha value is -1.15. The number of hydrogen-bond donors (Lipinski definition) is 2. The summed E-state index contributed by atoms with van der Waals surface area (Å²) in [6.45, 7) is -0.120. The summed E-state index contributed by atoms with van der Waals surface area (Å²) in [4.78, 5) is 11.9. The number of hydrogen-bond acceptors (Lipinski definition) is 4. The van der Waals surface area contributed by atoms with Crippen molar-refractivity contribution in [2.75, 3.05) is 13.1 Å². The van der Waals surface area contributed by atoms with Gasteiger partial charge in [0.1, 0.15) is 5.41 Å². The monoisotopic (exact) mass is 373 g/mol. The van der Waals surface area contributed by atoms with Crippen LogP contribution in [-0.2, 0) is 14.8 Å². The highest BCUT2D eigenvalue weighted by Gasteiger charge is 2.53. The molecule has 2 N–H and O–H groups in total. The summed E-state index contributed by atoms with van der Waals surface area (Å²) < 4.78 is 26.9. The van der Waals surface area contributed by atoms with Crippen molar-refractivity contribution in [3.8, 4) is 0 Å². The Bertz CT molecular complexity index is 749. The fourth-order valence-corrected chi connectivity index (χ4v) is 5.18. The summed E-state index contributed by atoms with van der Waals surface area (Å²) in [7, 11) is -3.85. The third-order valence-electron chi connectivity index (χ3n) is 4.96. The number of aliphatic hydroxyl groups excluding tert-OH is 1. The molecule has 1 saturated carbocycles. The van der Waals surface area contributed by atoms with Gasteiger partial charge in [-0.25, -0.2) is 8.42 Å². The summed E-state index contributed by atoms with van der Waals surface area (Å²) in [6, 6.07) is 5.92. The van der Waals surface area contributed by atoms with Gasteiger partial charge in [0, 0.05) is 18.1 Å². The predicted molar refractivity (Wildman–Crippen MR) is 88.2 cm³/mol. The van der Waals surface area contributed by atoms with Crippen LogP contribution in [-0.4, -0.2) is 48.1 Å². The van der Waals surface area contributed by atoms with Crippen LogP contribution in [0.1, 0.15) is 25.7 Å². The summed E-state index contributed by atoms with van der Waals surface area (Å²) in [5.41, 5.74) is -1.44. The van der Waals surface area contributed by atoms with Gasteiger partial charge in [0.05, 0.1) is 11.0 Å². The second-order valence-electron chi connectivity index (χ2n) is 6.71. The maximum absolute atomic E-state index is 12.9. The Kier molecular flexibility index (Phi) is 4.63. The molecule has 3 rings (SSSR count). The van der Waals surface area contributed by atoms with Gasteiger partial charge in [-0.2, -0.15) is 4.31 Å². The Labute approximate surface area is 146 Å². The van der Waals surface area contributed by atoms with E-state index in [1.54, 1.807) is 12.1 Å². The van der Waals surface area contributed by atoms with Gasteiger partial charge >= 0.3 is 5.97 Å². The number of piperidine rings is 1. The fourth-order valence-electron chi connectivity index (χ4n) is 3.36. The van der Waals surface area contributed by atoms with E-state index < -0.39 is 27.5 Å². The van der Waals surface area contributed by atoms with E-state index in [9.17, 15) is 23.4 Å². The number of benzene rings is 1. The van der Waals surface area contributed by atoms with Crippen molar-refractivity contribution in [2.24, 2.45) is 11.3 Å². The number of aliphatic hydroxyl groups is 1. The average molecular weight is 374 g/mol. The number of carboxylic acids is 1. The second kappa shape index (κ2) is 6.29. The molecular weight excluding hydrogens is 354 g/mol. The molecule has 24 heavy (non-hydrogen) atoms. The molecule has 8 heteroatoms. The first kappa shape index (κ1) is 17.7. The topological polar surface area (TPSA) is 94.9 Å². The van der Waals surface area contributed by atoms with Crippen LogP contribution < -0.4 is 0 Å². The number of carboxylic acid groups (broad SMARTS) is 1. The van der Waals surface area contributed by atoms with E-state index in [0.29, 0.717) is 11.4 Å². The lowest BCUT2D eigenvalue weighted by atomic mass is 9.74. The Morgan fingerprint density at radius 1 is 1.33 bits per heavy atom. The first-order valence-electron chi connectivity index (χ1n) is 7.93. The van der Waals surface area contributed by atoms with Gasteiger partial charge in [-0.15, -0.1) is 0 Å². The maximum Gasteiger partial charge on any atom is 0.313 e. The van der Waals surface area contributed by atoms with Gasteiger partial charge in [0.2, 0.25) is 10.0 Å². The molecule has 0 amide bonds. The maximum atomic E-state index is 12.9. The smallest absolute Gasteiger partial charge is 0.313 e. The van der Waals surface area contributed by atoms with Gasteiger partial charge in [-0.3, -0.25) is 4.79 Å². The molecule has 2 atom stereocenters. The summed E-state index contributed by atoms with van der Waals surface area (Å²) in [5, 5.41) is 20.4. The highest BCUT2D eigenvalue weighted by Crippen LogP contribution is 2.45. The zero-order valence-corrected chi connectivity index (χ0v) is 14.6. The van der Waals surface area contributed by atoms with Gasteiger partial charge in [-0.1, -0.05) is 30.5 Å². The SMILES string of the molecule is O=C(O)[C@@]1(CC2CC2)CN(S(=O)(=O)c2cccc(Cl)c2)CC[C@H]1O. The van der Waals surface area contributed by atoms with Crippen molar-refractivity contribution in [2.45, 2.75) is 36.7 Å². The second-order valence-corrected chi connectivity index (χ2v) is 9.08. The summed E-state index contributed by atoms with van der Waals surface area (Å²) >= 11 is 5.88. The van der Waals surface area contributed by atoms with Crippen LogP contribution in [0.25, 0.3) is 0 Å². The molecule has 1 aromatic rings. The van der Waals surface area contributed by atoms with Crippen molar-refractivity contribution in [1.29, 1.82) is 0 Å². The quantitative estimate of drug-likeness (QED) is 0.822. The molecule has 0 radical (unpaired) electrons. The van der Waals surface area contributed by atoms with E-state index in [1.165, 1.54) is 16.4 Å². The van der Waals surface area contributed by atoms with Crippen molar-refractivity contribution in [3.05, 3.63) is 29.3 Å². The number of nitrogens with zero attached hydrogens (tertiary/aromatic N) is 1. The Balaban J connectivity index is 1.92. The minimum atomic E-state index is -3.85. The molecule has 1 aliphatic heterocycles. The fraction of sp³-hybridized carbons (Fsp3) is 0.562. The third kappa shape index (κ3) is 3.18. The van der Waals surface area contributed by atoms with Crippen LogP contribution in [0.4, 0.5) is 0 Å². The van der Waals surface area contributed by atoms with Crippen LogP contribution in [0.3, 0.4) is 0 Å². The first-order chi connectivity index (χ1) is 11.3. The number of halogens is 1. The zero-order valence-electron chi connectivity index (χ0n) is 13.1. The molecule has 6 nitrogen and oxygen atoms in total. The van der Waals surface area contributed by atoms with E-state index in [1.807, 2.05) is 0 Å².